The van der Waals surface area contributed by atoms with Crippen molar-refractivity contribution in [1.29, 1.82) is 0 Å². The maximum Gasteiger partial charge on any atom is 0.118 e. The van der Waals surface area contributed by atoms with Crippen molar-refractivity contribution in [1.82, 2.24) is 9.55 Å². The summed E-state index contributed by atoms with van der Waals surface area (Å²) in [5.74, 6) is 2.33. The standard InChI is InChI=1S/C16H20N2O2/c1-20-15-6-3-12(4-7-15)8-16-17-9-14-5-2-13(11-19)10-18(14)16/h3-4,6-7,9,13,19H,2,5,8,10-11H2,1H3. The summed E-state index contributed by atoms with van der Waals surface area (Å²) in [4.78, 5) is 4.55. The minimum atomic E-state index is 0.263. The van der Waals surface area contributed by atoms with Crippen LogP contribution in [-0.4, -0.2) is 28.4 Å². The summed E-state index contributed by atoms with van der Waals surface area (Å²) in [6, 6.07) is 8.11. The van der Waals surface area contributed by atoms with Crippen LogP contribution in [0.1, 0.15) is 23.5 Å². The molecule has 1 N–H and O–H groups in total. The van der Waals surface area contributed by atoms with Crippen molar-refractivity contribution in [3.8, 4) is 5.75 Å². The lowest BCUT2D eigenvalue weighted by Gasteiger charge is -2.23. The third-order valence-electron chi connectivity index (χ3n) is 4.05. The molecule has 0 radical (unpaired) electrons. The van der Waals surface area contributed by atoms with E-state index in [2.05, 4.69) is 21.7 Å². The van der Waals surface area contributed by atoms with Crippen LogP contribution in [0.25, 0.3) is 0 Å². The summed E-state index contributed by atoms with van der Waals surface area (Å²) in [6.45, 7) is 1.15. The number of aryl methyl sites for hydroxylation is 1. The second-order valence-electron chi connectivity index (χ2n) is 5.39. The topological polar surface area (TPSA) is 47.3 Å². The number of fused-ring (bicyclic) bond motifs is 1. The third kappa shape index (κ3) is 2.56. The van der Waals surface area contributed by atoms with E-state index >= 15 is 0 Å². The van der Waals surface area contributed by atoms with Crippen LogP contribution >= 0.6 is 0 Å². The minimum Gasteiger partial charge on any atom is -0.497 e. The molecule has 1 aliphatic rings. The molecule has 4 heteroatoms. The predicted molar refractivity (Wildman–Crippen MR) is 76.9 cm³/mol. The zero-order valence-electron chi connectivity index (χ0n) is 11.7. The highest BCUT2D eigenvalue weighted by atomic mass is 16.5. The van der Waals surface area contributed by atoms with E-state index in [0.717, 1.165) is 37.4 Å². The summed E-state index contributed by atoms with van der Waals surface area (Å²) in [7, 11) is 1.68. The number of hydrogen-bond acceptors (Lipinski definition) is 3. The number of aromatic nitrogens is 2. The monoisotopic (exact) mass is 272 g/mol. The van der Waals surface area contributed by atoms with E-state index in [0.29, 0.717) is 5.92 Å². The zero-order chi connectivity index (χ0) is 13.9. The van der Waals surface area contributed by atoms with Gasteiger partial charge >= 0.3 is 0 Å². The van der Waals surface area contributed by atoms with Crippen molar-refractivity contribution in [2.45, 2.75) is 25.8 Å². The maximum atomic E-state index is 9.34. The van der Waals surface area contributed by atoms with Crippen LogP contribution in [0.4, 0.5) is 0 Å². The van der Waals surface area contributed by atoms with Crippen LogP contribution in [0.3, 0.4) is 0 Å². The van der Waals surface area contributed by atoms with Gasteiger partial charge in [0.25, 0.3) is 0 Å². The van der Waals surface area contributed by atoms with Crippen LogP contribution in [0.15, 0.2) is 30.5 Å². The van der Waals surface area contributed by atoms with Crippen molar-refractivity contribution in [3.05, 3.63) is 47.5 Å². The van der Waals surface area contributed by atoms with E-state index in [4.69, 9.17) is 4.74 Å². The van der Waals surface area contributed by atoms with Gasteiger partial charge in [0.1, 0.15) is 11.6 Å². The molecule has 0 saturated heterocycles. The lowest BCUT2D eigenvalue weighted by atomic mass is 9.99. The average Bonchev–Trinajstić information content (AvgIpc) is 2.90. The Bertz CT molecular complexity index is 575. The quantitative estimate of drug-likeness (QED) is 0.926. The number of benzene rings is 1. The zero-order valence-corrected chi connectivity index (χ0v) is 11.7. The Hall–Kier alpha value is -1.81. The van der Waals surface area contributed by atoms with E-state index in [1.807, 2.05) is 18.3 Å². The second kappa shape index (κ2) is 5.67. The number of aliphatic hydroxyl groups excluding tert-OH is 1. The molecule has 1 unspecified atom stereocenters. The first kappa shape index (κ1) is 13.2. The molecule has 106 valence electrons. The van der Waals surface area contributed by atoms with Gasteiger partial charge in [-0.3, -0.25) is 0 Å². The van der Waals surface area contributed by atoms with Gasteiger partial charge in [0.15, 0.2) is 0 Å². The van der Waals surface area contributed by atoms with Gasteiger partial charge in [0.05, 0.1) is 7.11 Å². The fourth-order valence-corrected chi connectivity index (χ4v) is 2.79. The molecule has 2 heterocycles. The number of hydrogen-bond donors (Lipinski definition) is 1. The van der Waals surface area contributed by atoms with Gasteiger partial charge in [-0.15, -0.1) is 0 Å². The second-order valence-corrected chi connectivity index (χ2v) is 5.39. The molecule has 3 rings (SSSR count). The number of aliphatic hydroxyl groups is 1. The van der Waals surface area contributed by atoms with Crippen LogP contribution in [0, 0.1) is 5.92 Å². The number of methoxy groups -OCH3 is 1. The molecule has 2 aromatic rings. The van der Waals surface area contributed by atoms with Crippen molar-refractivity contribution in [3.63, 3.8) is 0 Å². The molecular formula is C16H20N2O2. The highest BCUT2D eigenvalue weighted by Gasteiger charge is 2.20. The lowest BCUT2D eigenvalue weighted by Crippen LogP contribution is -2.24. The SMILES string of the molecule is COc1ccc(Cc2ncc3n2CC(CO)CC3)cc1. The Balaban J connectivity index is 1.79. The van der Waals surface area contributed by atoms with E-state index in [1.54, 1.807) is 7.11 Å². The molecule has 20 heavy (non-hydrogen) atoms. The predicted octanol–water partition coefficient (Wildman–Crippen LogP) is 2.04. The molecule has 0 aliphatic carbocycles. The van der Waals surface area contributed by atoms with Gasteiger partial charge in [-0.2, -0.15) is 0 Å². The molecule has 0 amide bonds. The largest absolute Gasteiger partial charge is 0.497 e. The molecule has 1 aromatic heterocycles. The molecule has 1 aromatic carbocycles. The minimum absolute atomic E-state index is 0.263. The highest BCUT2D eigenvalue weighted by Crippen LogP contribution is 2.23. The Morgan fingerprint density at radius 2 is 2.15 bits per heavy atom. The molecular weight excluding hydrogens is 252 g/mol. The van der Waals surface area contributed by atoms with Crippen LogP contribution in [-0.2, 0) is 19.4 Å². The van der Waals surface area contributed by atoms with E-state index < -0.39 is 0 Å². The van der Waals surface area contributed by atoms with Crippen molar-refractivity contribution in [2.24, 2.45) is 5.92 Å². The Morgan fingerprint density at radius 1 is 1.35 bits per heavy atom. The van der Waals surface area contributed by atoms with Crippen LogP contribution in [0.2, 0.25) is 0 Å². The van der Waals surface area contributed by atoms with Gasteiger partial charge in [-0.1, -0.05) is 12.1 Å². The molecule has 1 atom stereocenters. The molecule has 4 nitrogen and oxygen atoms in total. The third-order valence-corrected chi connectivity index (χ3v) is 4.05. The van der Waals surface area contributed by atoms with Gasteiger partial charge < -0.3 is 14.4 Å². The van der Waals surface area contributed by atoms with Crippen LogP contribution < -0.4 is 4.74 Å². The molecule has 0 fully saturated rings. The van der Waals surface area contributed by atoms with Gasteiger partial charge in [0.2, 0.25) is 0 Å². The van der Waals surface area contributed by atoms with E-state index in [-0.39, 0.29) is 6.61 Å². The first-order valence-electron chi connectivity index (χ1n) is 7.07. The number of ether oxygens (including phenoxy) is 1. The lowest BCUT2D eigenvalue weighted by molar-refractivity contribution is 0.190. The Labute approximate surface area is 119 Å². The molecule has 0 spiro atoms. The number of nitrogens with zero attached hydrogens (tertiary/aromatic N) is 2. The summed E-state index contributed by atoms with van der Waals surface area (Å²) in [5.41, 5.74) is 2.52. The highest BCUT2D eigenvalue weighted by molar-refractivity contribution is 5.29. The smallest absolute Gasteiger partial charge is 0.118 e. The first-order valence-corrected chi connectivity index (χ1v) is 7.07. The van der Waals surface area contributed by atoms with Crippen LogP contribution in [0.5, 0.6) is 5.75 Å². The fourth-order valence-electron chi connectivity index (χ4n) is 2.79. The molecule has 0 saturated carbocycles. The summed E-state index contributed by atoms with van der Waals surface area (Å²) < 4.78 is 7.45. The maximum absolute atomic E-state index is 9.34. The van der Waals surface area contributed by atoms with Gasteiger partial charge in [-0.25, -0.2) is 4.98 Å². The van der Waals surface area contributed by atoms with Gasteiger partial charge in [0, 0.05) is 37.4 Å². The molecule has 0 bridgehead atoms. The van der Waals surface area contributed by atoms with Crippen molar-refractivity contribution in [2.75, 3.05) is 13.7 Å². The molecule has 1 aliphatic heterocycles. The van der Waals surface area contributed by atoms with E-state index in [9.17, 15) is 5.11 Å². The number of rotatable bonds is 4. The fraction of sp³-hybridized carbons (Fsp3) is 0.438. The Morgan fingerprint density at radius 3 is 2.85 bits per heavy atom. The summed E-state index contributed by atoms with van der Waals surface area (Å²) in [5, 5.41) is 9.34. The number of imidazole rings is 1. The summed E-state index contributed by atoms with van der Waals surface area (Å²) in [6.07, 6.45) is 4.87. The van der Waals surface area contributed by atoms with Crippen molar-refractivity contribution < 1.29 is 9.84 Å². The van der Waals surface area contributed by atoms with E-state index in [1.165, 1.54) is 11.3 Å². The van der Waals surface area contributed by atoms with Crippen molar-refractivity contribution >= 4 is 0 Å². The Kier molecular flexibility index (Phi) is 3.74. The normalized spacial score (nSPS) is 17.8. The first-order chi connectivity index (χ1) is 9.80. The van der Waals surface area contributed by atoms with Gasteiger partial charge in [-0.05, 0) is 30.5 Å². The summed E-state index contributed by atoms with van der Waals surface area (Å²) >= 11 is 0. The average molecular weight is 272 g/mol.